The largest absolute Gasteiger partial charge is 0.489 e. The first kappa shape index (κ1) is 18.0. The highest BCUT2D eigenvalue weighted by molar-refractivity contribution is 6.32. The van der Waals surface area contributed by atoms with E-state index in [0.29, 0.717) is 16.4 Å². The predicted octanol–water partition coefficient (Wildman–Crippen LogP) is 5.03. The fraction of sp³-hybridized carbons (Fsp3) is 0.200. The van der Waals surface area contributed by atoms with Crippen molar-refractivity contribution in [2.45, 2.75) is 26.4 Å². The Bertz CT molecular complexity index is 916. The number of hydrazone groups is 1. The molecule has 1 N–H and O–H groups in total. The van der Waals surface area contributed by atoms with Gasteiger partial charge in [0, 0.05) is 5.39 Å². The lowest BCUT2D eigenvalue weighted by atomic mass is 10.2. The summed E-state index contributed by atoms with van der Waals surface area (Å²) in [5, 5.41) is 5.32. The molecular weight excluding hydrogens is 352 g/mol. The smallest absolute Gasteiger partial charge is 0.307 e. The maximum Gasteiger partial charge on any atom is 0.307 e. The molecule has 1 aromatic heterocycles. The van der Waals surface area contributed by atoms with E-state index in [1.807, 2.05) is 38.1 Å². The van der Waals surface area contributed by atoms with Crippen LogP contribution in [0.2, 0.25) is 5.02 Å². The molecule has 0 aliphatic carbocycles. The summed E-state index contributed by atoms with van der Waals surface area (Å²) in [6.45, 7) is 4.03. The molecule has 5 nitrogen and oxygen atoms in total. The van der Waals surface area contributed by atoms with Crippen molar-refractivity contribution in [1.82, 2.24) is 5.43 Å². The topological polar surface area (TPSA) is 63.8 Å². The van der Waals surface area contributed by atoms with E-state index in [0.717, 1.165) is 17.4 Å². The van der Waals surface area contributed by atoms with E-state index in [9.17, 15) is 4.79 Å². The van der Waals surface area contributed by atoms with Crippen LogP contribution in [-0.4, -0.2) is 18.2 Å². The van der Waals surface area contributed by atoms with Gasteiger partial charge in [-0.05, 0) is 49.2 Å². The van der Waals surface area contributed by atoms with Gasteiger partial charge >= 0.3 is 5.91 Å². The van der Waals surface area contributed by atoms with Crippen molar-refractivity contribution in [1.29, 1.82) is 0 Å². The number of halogens is 1. The zero-order valence-corrected chi connectivity index (χ0v) is 15.3. The van der Waals surface area contributed by atoms with Gasteiger partial charge in [-0.15, -0.1) is 0 Å². The number of carbonyl (C=O) groups is 1. The molecule has 2 aromatic carbocycles. The Morgan fingerprint density at radius 2 is 2.12 bits per heavy atom. The Morgan fingerprint density at radius 1 is 1.31 bits per heavy atom. The van der Waals surface area contributed by atoms with Crippen LogP contribution in [0.1, 0.15) is 36.4 Å². The van der Waals surface area contributed by atoms with Crippen molar-refractivity contribution in [2.75, 3.05) is 0 Å². The number of benzene rings is 2. The predicted molar refractivity (Wildman–Crippen MR) is 103 cm³/mol. The number of hydrogen-bond acceptors (Lipinski definition) is 4. The molecule has 0 aliphatic heterocycles. The van der Waals surface area contributed by atoms with Crippen molar-refractivity contribution in [2.24, 2.45) is 5.10 Å². The number of fused-ring (bicyclic) bond motifs is 1. The molecule has 0 radical (unpaired) electrons. The van der Waals surface area contributed by atoms with Crippen LogP contribution < -0.4 is 10.2 Å². The number of furan rings is 1. The first-order chi connectivity index (χ1) is 12.6. The summed E-state index contributed by atoms with van der Waals surface area (Å²) in [5.41, 5.74) is 3.85. The van der Waals surface area contributed by atoms with Crippen LogP contribution in [0, 0.1) is 0 Å². The molecule has 0 saturated heterocycles. The van der Waals surface area contributed by atoms with Gasteiger partial charge < -0.3 is 9.15 Å². The summed E-state index contributed by atoms with van der Waals surface area (Å²) >= 11 is 6.22. The van der Waals surface area contributed by atoms with Gasteiger partial charge in [-0.1, -0.05) is 36.7 Å². The zero-order chi connectivity index (χ0) is 18.5. The third-order valence-corrected chi connectivity index (χ3v) is 4.18. The van der Waals surface area contributed by atoms with Crippen molar-refractivity contribution in [3.05, 3.63) is 64.9 Å². The monoisotopic (exact) mass is 370 g/mol. The van der Waals surface area contributed by atoms with Gasteiger partial charge in [0.15, 0.2) is 5.76 Å². The third kappa shape index (κ3) is 4.24. The Labute approximate surface area is 156 Å². The average Bonchev–Trinajstić information content (AvgIpc) is 3.08. The molecule has 26 heavy (non-hydrogen) atoms. The number of nitrogens with one attached hydrogen (secondary N) is 1. The van der Waals surface area contributed by atoms with E-state index in [1.165, 1.54) is 6.21 Å². The van der Waals surface area contributed by atoms with Crippen LogP contribution in [-0.2, 0) is 0 Å². The molecule has 0 spiro atoms. The lowest BCUT2D eigenvalue weighted by molar-refractivity contribution is 0.0929. The van der Waals surface area contributed by atoms with Crippen LogP contribution >= 0.6 is 11.6 Å². The number of rotatable bonds is 6. The molecule has 1 atom stereocenters. The van der Waals surface area contributed by atoms with Crippen molar-refractivity contribution in [3.63, 3.8) is 0 Å². The molecule has 0 aliphatic rings. The minimum absolute atomic E-state index is 0.0927. The molecule has 6 heteroatoms. The minimum atomic E-state index is -0.416. The van der Waals surface area contributed by atoms with Crippen LogP contribution in [0.3, 0.4) is 0 Å². The van der Waals surface area contributed by atoms with E-state index in [-0.39, 0.29) is 11.9 Å². The molecule has 0 bridgehead atoms. The molecule has 0 fully saturated rings. The SMILES string of the molecule is CC[C@@H](C)Oc1ccc(/C=N/NC(=O)c2cc3ccccc3o2)cc1Cl. The number of carbonyl (C=O) groups excluding carboxylic acids is 1. The molecule has 0 unspecified atom stereocenters. The molecule has 134 valence electrons. The molecular formula is C20H19ClN2O3. The second-order valence-electron chi connectivity index (χ2n) is 5.87. The maximum absolute atomic E-state index is 12.1. The molecule has 3 aromatic rings. The number of nitrogens with zero attached hydrogens (tertiary/aromatic N) is 1. The van der Waals surface area contributed by atoms with Crippen molar-refractivity contribution < 1.29 is 13.9 Å². The summed E-state index contributed by atoms with van der Waals surface area (Å²) in [4.78, 5) is 12.1. The normalized spacial score (nSPS) is 12.4. The lowest BCUT2D eigenvalue weighted by Crippen LogP contribution is -2.16. The van der Waals surface area contributed by atoms with Crippen LogP contribution in [0.25, 0.3) is 11.0 Å². The van der Waals surface area contributed by atoms with Gasteiger partial charge in [-0.25, -0.2) is 5.43 Å². The first-order valence-corrected chi connectivity index (χ1v) is 8.73. The number of ether oxygens (including phenoxy) is 1. The quantitative estimate of drug-likeness (QED) is 0.489. The Kier molecular flexibility index (Phi) is 5.58. The highest BCUT2D eigenvalue weighted by atomic mass is 35.5. The number of para-hydroxylation sites is 1. The minimum Gasteiger partial charge on any atom is -0.489 e. The summed E-state index contributed by atoms with van der Waals surface area (Å²) in [5.74, 6) is 0.420. The number of hydrogen-bond donors (Lipinski definition) is 1. The highest BCUT2D eigenvalue weighted by Crippen LogP contribution is 2.26. The summed E-state index contributed by atoms with van der Waals surface area (Å²) in [6.07, 6.45) is 2.50. The number of amides is 1. The zero-order valence-electron chi connectivity index (χ0n) is 14.5. The second kappa shape index (κ2) is 8.06. The van der Waals surface area contributed by atoms with Gasteiger partial charge in [0.05, 0.1) is 17.3 Å². The first-order valence-electron chi connectivity index (χ1n) is 8.35. The van der Waals surface area contributed by atoms with Crippen molar-refractivity contribution >= 4 is 34.7 Å². The van der Waals surface area contributed by atoms with Gasteiger partial charge in [0.1, 0.15) is 11.3 Å². The summed E-state index contributed by atoms with van der Waals surface area (Å²) in [6, 6.07) is 14.4. The van der Waals surface area contributed by atoms with Gasteiger partial charge in [-0.3, -0.25) is 4.79 Å². The fourth-order valence-corrected chi connectivity index (χ4v) is 2.54. The Morgan fingerprint density at radius 3 is 2.85 bits per heavy atom. The van der Waals surface area contributed by atoms with E-state index in [1.54, 1.807) is 24.3 Å². The lowest BCUT2D eigenvalue weighted by Gasteiger charge is -2.13. The van der Waals surface area contributed by atoms with Crippen molar-refractivity contribution in [3.8, 4) is 5.75 Å². The standard InChI is InChI=1S/C20H19ClN2O3/c1-3-13(2)25-18-9-8-14(10-16(18)21)12-22-23-20(24)19-11-15-6-4-5-7-17(15)26-19/h4-13H,3H2,1-2H3,(H,23,24)/b22-12+/t13-/m1/s1. The van der Waals surface area contributed by atoms with Crippen LogP contribution in [0.4, 0.5) is 0 Å². The van der Waals surface area contributed by atoms with Gasteiger partial charge in [-0.2, -0.15) is 5.10 Å². The summed E-state index contributed by atoms with van der Waals surface area (Å²) < 4.78 is 11.2. The van der Waals surface area contributed by atoms with Crippen LogP contribution in [0.5, 0.6) is 5.75 Å². The maximum atomic E-state index is 12.1. The molecule has 1 amide bonds. The second-order valence-corrected chi connectivity index (χ2v) is 6.28. The molecule has 3 rings (SSSR count). The van der Waals surface area contributed by atoms with Gasteiger partial charge in [0.2, 0.25) is 0 Å². The van der Waals surface area contributed by atoms with E-state index >= 15 is 0 Å². The average molecular weight is 371 g/mol. The highest BCUT2D eigenvalue weighted by Gasteiger charge is 2.11. The van der Waals surface area contributed by atoms with E-state index < -0.39 is 5.91 Å². The third-order valence-electron chi connectivity index (χ3n) is 3.89. The fourth-order valence-electron chi connectivity index (χ4n) is 2.31. The Hall–Kier alpha value is -2.79. The van der Waals surface area contributed by atoms with Crippen LogP contribution in [0.15, 0.2) is 58.0 Å². The summed E-state index contributed by atoms with van der Waals surface area (Å²) in [7, 11) is 0. The van der Waals surface area contributed by atoms with E-state index in [4.69, 9.17) is 20.8 Å². The molecule has 1 heterocycles. The van der Waals surface area contributed by atoms with E-state index in [2.05, 4.69) is 10.5 Å². The Balaban J connectivity index is 1.64. The molecule has 0 saturated carbocycles. The van der Waals surface area contributed by atoms with Gasteiger partial charge in [0.25, 0.3) is 0 Å².